The number of H-pyrrole nitrogens is 5. The van der Waals surface area contributed by atoms with Crippen LogP contribution in [0, 0.1) is 52.4 Å². The van der Waals surface area contributed by atoms with E-state index < -0.39 is 0 Å². The highest BCUT2D eigenvalue weighted by Gasteiger charge is 2.23. The maximum atomic E-state index is 12.2. The van der Waals surface area contributed by atoms with Gasteiger partial charge in [-0.2, -0.15) is 0 Å². The van der Waals surface area contributed by atoms with Gasteiger partial charge in [0, 0.05) is 31.0 Å². The molecule has 15 aromatic heterocycles. The SMILES string of the molecule is CCCc1cnc(Cn2c(=O)[nH]c3c(N)nc(C)nc32)cn1.CCCc1cnc(Cn2c(=O)[nH]c3c(N)nc(C)nc32)cn1.Cc1nc(N)c2[nH]c(=O)n(Cc3cnc(CCC(C)C)cn3)c2n1.Cc1nc(N)c2[nH]c(=O)n(Cc3cnc(CCC4CCC4)cn3)c2n1.Cc1nc(N)c2[nH]c(=O)n(Cc3cnc(CCC4CCC4)cn3)c2n1. The zero-order valence-electron chi connectivity index (χ0n) is 67.5. The fourth-order valence-electron chi connectivity index (χ4n) is 13.5. The molecule has 15 heterocycles. The number of hydrogen-bond acceptors (Lipinski definition) is 30. The minimum atomic E-state index is -0.291. The van der Waals surface area contributed by atoms with Crippen LogP contribution in [-0.2, 0) is 64.8 Å². The number of imidazole rings is 5. The van der Waals surface area contributed by atoms with Gasteiger partial charge >= 0.3 is 28.4 Å². The minimum Gasteiger partial charge on any atom is -0.382 e. The molecule has 0 radical (unpaired) electrons. The Labute approximate surface area is 674 Å². The van der Waals surface area contributed by atoms with Gasteiger partial charge in [-0.15, -0.1) is 0 Å². The van der Waals surface area contributed by atoms with Crippen LogP contribution < -0.4 is 57.1 Å². The van der Waals surface area contributed by atoms with Gasteiger partial charge in [0.2, 0.25) is 0 Å². The molecule has 15 N–H and O–H groups in total. The highest BCUT2D eigenvalue weighted by atomic mass is 16.2. The van der Waals surface area contributed by atoms with Gasteiger partial charge in [-0.3, -0.25) is 72.7 Å². The lowest BCUT2D eigenvalue weighted by Gasteiger charge is -2.24. The number of aromatic nitrogens is 30. The Morgan fingerprint density at radius 2 is 0.517 bits per heavy atom. The van der Waals surface area contributed by atoms with Gasteiger partial charge in [0.15, 0.2) is 57.3 Å². The summed E-state index contributed by atoms with van der Waals surface area (Å²) in [4.78, 5) is 160. The molecule has 17 rings (SSSR count). The summed E-state index contributed by atoms with van der Waals surface area (Å²) in [5, 5.41) is 0. The van der Waals surface area contributed by atoms with E-state index in [0.29, 0.717) is 132 Å². The number of nitrogen functional groups attached to an aromatic ring is 5. The molecule has 40 heteroatoms. The van der Waals surface area contributed by atoms with E-state index in [1.807, 2.05) is 12.4 Å². The molecule has 0 aromatic carbocycles. The second-order valence-electron chi connectivity index (χ2n) is 30.0. The van der Waals surface area contributed by atoms with Gasteiger partial charge in [-0.1, -0.05) is 79.1 Å². The van der Waals surface area contributed by atoms with Crippen LogP contribution in [0.3, 0.4) is 0 Å². The zero-order chi connectivity index (χ0) is 83.4. The Kier molecular flexibility index (Phi) is 25.6. The van der Waals surface area contributed by atoms with Crippen LogP contribution in [0.5, 0.6) is 0 Å². The monoisotopic (exact) mass is 1600 g/mol. The van der Waals surface area contributed by atoms with E-state index in [0.717, 1.165) is 91.7 Å². The second kappa shape index (κ2) is 36.7. The van der Waals surface area contributed by atoms with Gasteiger partial charge in [0.05, 0.1) is 121 Å². The third-order valence-electron chi connectivity index (χ3n) is 20.3. The van der Waals surface area contributed by atoms with E-state index in [2.05, 4.69) is 152 Å². The molecule has 2 aliphatic rings. The molecule has 0 saturated heterocycles. The molecular formula is C78H97N35O5. The quantitative estimate of drug-likeness (QED) is 0.0340. The number of fused-ring (bicyclic) bond motifs is 5. The summed E-state index contributed by atoms with van der Waals surface area (Å²) < 4.78 is 7.50. The van der Waals surface area contributed by atoms with E-state index in [9.17, 15) is 24.0 Å². The van der Waals surface area contributed by atoms with Crippen molar-refractivity contribution in [3.05, 3.63) is 200 Å². The Hall–Kier alpha value is -13.9. The van der Waals surface area contributed by atoms with E-state index in [-0.39, 0.29) is 77.2 Å². The van der Waals surface area contributed by atoms with Crippen LogP contribution in [-0.4, -0.2) is 147 Å². The second-order valence-corrected chi connectivity index (χ2v) is 30.0. The molecular weight excluding hydrogens is 1510 g/mol. The number of rotatable bonds is 23. The van der Waals surface area contributed by atoms with Crippen molar-refractivity contribution in [3.63, 3.8) is 0 Å². The van der Waals surface area contributed by atoms with Gasteiger partial charge in [-0.25, -0.2) is 73.8 Å². The summed E-state index contributed by atoms with van der Waals surface area (Å²) in [6, 6.07) is 0. The number of anilines is 5. The van der Waals surface area contributed by atoms with Crippen molar-refractivity contribution < 1.29 is 0 Å². The van der Waals surface area contributed by atoms with Crippen LogP contribution >= 0.6 is 0 Å². The molecule has 0 spiro atoms. The molecule has 40 nitrogen and oxygen atoms in total. The molecule has 0 aliphatic heterocycles. The van der Waals surface area contributed by atoms with E-state index in [1.165, 1.54) is 74.2 Å². The van der Waals surface area contributed by atoms with Crippen molar-refractivity contribution in [3.8, 4) is 0 Å². The van der Waals surface area contributed by atoms with Crippen molar-refractivity contribution in [2.45, 2.75) is 198 Å². The fourth-order valence-corrected chi connectivity index (χ4v) is 13.5. The summed E-state index contributed by atoms with van der Waals surface area (Å²) in [7, 11) is 0. The topological polar surface area (TPSA) is 577 Å². The first-order chi connectivity index (χ1) is 56.8. The van der Waals surface area contributed by atoms with Crippen LogP contribution in [0.15, 0.2) is 85.9 Å². The normalized spacial score (nSPS) is 12.8. The van der Waals surface area contributed by atoms with Crippen molar-refractivity contribution in [1.29, 1.82) is 0 Å². The fraction of sp³-hybridized carbons (Fsp3) is 0.423. The lowest BCUT2D eigenvalue weighted by atomic mass is 9.82. The molecule has 2 fully saturated rings. The number of aromatic amines is 5. The molecule has 0 unspecified atom stereocenters. The molecule has 15 aromatic rings. The molecule has 0 bridgehead atoms. The summed E-state index contributed by atoms with van der Waals surface area (Å²) >= 11 is 0. The molecule has 2 saturated carbocycles. The summed E-state index contributed by atoms with van der Waals surface area (Å²) in [6.45, 7) is 18.7. The van der Waals surface area contributed by atoms with E-state index >= 15 is 0 Å². The molecule has 118 heavy (non-hydrogen) atoms. The first-order valence-corrected chi connectivity index (χ1v) is 39.4. The van der Waals surface area contributed by atoms with E-state index in [1.54, 1.807) is 84.2 Å². The standard InChI is InChI=1S/2C17H21N7O.C16H21N7O.2C14H17N7O/c2*1-10-21-15(18)14-16(22-10)24(17(25)23-14)9-13-8-19-12(7-20-13)6-5-11-3-2-4-11;1-9(2)4-5-11-6-19-12(7-18-11)8-23-15-13(22-16(23)24)14(17)20-10(3)21-15;2*1-3-4-9-5-17-10(6-16-9)7-21-13-11(20-14(21)22)12(15)18-8(2)19-13/h2*7-8,11H,2-6,9H2,1H3,(H,23,25)(H2,18,21,22);6-7,9H,4-5,8H2,1-3H3,(H,22,24)(H2,17,20,21);2*5-6H,3-4,7H2,1-2H3,(H,20,22)(H2,15,18,19). The number of aryl methyl sites for hydroxylation is 10. The van der Waals surface area contributed by atoms with Gasteiger partial charge < -0.3 is 53.6 Å². The maximum Gasteiger partial charge on any atom is 0.328 e. The Morgan fingerprint density at radius 3 is 0.703 bits per heavy atom. The number of nitrogens with one attached hydrogen (secondary N) is 5. The summed E-state index contributed by atoms with van der Waals surface area (Å²) in [6.07, 6.45) is 35.6. The first kappa shape index (κ1) is 82.1. The molecule has 2 aliphatic carbocycles. The maximum absolute atomic E-state index is 12.2. The largest absolute Gasteiger partial charge is 0.382 e. The van der Waals surface area contributed by atoms with Gasteiger partial charge in [0.25, 0.3) is 0 Å². The first-order valence-electron chi connectivity index (χ1n) is 39.4. The summed E-state index contributed by atoms with van der Waals surface area (Å²) in [5.74, 6) is 6.29. The van der Waals surface area contributed by atoms with Crippen molar-refractivity contribution in [1.82, 2.24) is 147 Å². The molecule has 0 amide bonds. The lowest BCUT2D eigenvalue weighted by Crippen LogP contribution is -2.18. The van der Waals surface area contributed by atoms with Gasteiger partial charge in [0.1, 0.15) is 56.7 Å². The average Bonchev–Trinajstić information content (AvgIpc) is 1.66. The predicted octanol–water partition coefficient (Wildman–Crippen LogP) is 6.20. The lowest BCUT2D eigenvalue weighted by molar-refractivity contribution is 0.295. The van der Waals surface area contributed by atoms with Gasteiger partial charge in [-0.05, 0) is 104 Å². The Bertz CT molecular complexity index is 6020. The molecule has 614 valence electrons. The predicted molar refractivity (Wildman–Crippen MR) is 445 cm³/mol. The van der Waals surface area contributed by atoms with Crippen LogP contribution in [0.2, 0.25) is 0 Å². The highest BCUT2D eigenvalue weighted by Crippen LogP contribution is 2.32. The van der Waals surface area contributed by atoms with Crippen molar-refractivity contribution >= 4 is 84.9 Å². The van der Waals surface area contributed by atoms with E-state index in [4.69, 9.17) is 28.7 Å². The number of nitrogens with zero attached hydrogens (tertiary/aromatic N) is 25. The third-order valence-corrected chi connectivity index (χ3v) is 20.3. The number of hydrogen-bond donors (Lipinski definition) is 10. The smallest absolute Gasteiger partial charge is 0.328 e. The molecule has 0 atom stereocenters. The summed E-state index contributed by atoms with van der Waals surface area (Å²) in [5.41, 5.74) is 40.8. The Morgan fingerprint density at radius 1 is 0.314 bits per heavy atom. The van der Waals surface area contributed by atoms with Crippen LogP contribution in [0.4, 0.5) is 29.1 Å². The highest BCUT2D eigenvalue weighted by molar-refractivity contribution is 5.84. The van der Waals surface area contributed by atoms with Crippen LogP contribution in [0.1, 0.15) is 184 Å². The van der Waals surface area contributed by atoms with Crippen LogP contribution in [0.25, 0.3) is 55.8 Å². The third kappa shape index (κ3) is 19.9. The van der Waals surface area contributed by atoms with Crippen molar-refractivity contribution in [2.75, 3.05) is 28.7 Å². The minimum absolute atomic E-state index is 0.266. The number of nitrogens with two attached hydrogens (primary N) is 5. The zero-order valence-corrected chi connectivity index (χ0v) is 67.5. The Balaban J connectivity index is 0.000000128. The average molecular weight is 1600 g/mol. The van der Waals surface area contributed by atoms with Crippen molar-refractivity contribution in [2.24, 2.45) is 17.8 Å².